The van der Waals surface area contributed by atoms with Crippen LogP contribution in [0.25, 0.3) is 0 Å². The van der Waals surface area contributed by atoms with Crippen LogP contribution in [0.5, 0.6) is 0 Å². The van der Waals surface area contributed by atoms with Crippen molar-refractivity contribution in [2.75, 3.05) is 11.9 Å². The van der Waals surface area contributed by atoms with Gasteiger partial charge in [-0.2, -0.15) is 0 Å². The predicted octanol–water partition coefficient (Wildman–Crippen LogP) is 3.63. The summed E-state index contributed by atoms with van der Waals surface area (Å²) in [5.41, 5.74) is 4.51. The third-order valence-electron chi connectivity index (χ3n) is 3.46. The van der Waals surface area contributed by atoms with Gasteiger partial charge in [-0.25, -0.2) is 0 Å². The van der Waals surface area contributed by atoms with Gasteiger partial charge >= 0.3 is 0 Å². The first-order valence-electron chi connectivity index (χ1n) is 6.16. The van der Waals surface area contributed by atoms with Gasteiger partial charge in [0.15, 0.2) is 0 Å². The molecule has 1 atom stereocenters. The molecule has 0 radical (unpaired) electrons. The number of fused-ring (bicyclic) bond motifs is 1. The van der Waals surface area contributed by atoms with Gasteiger partial charge < -0.3 is 5.32 Å². The number of hydrogen-bond acceptors (Lipinski definition) is 1. The molecule has 1 nitrogen and oxygen atoms in total. The molecule has 0 saturated carbocycles. The van der Waals surface area contributed by atoms with Gasteiger partial charge in [-0.05, 0) is 42.4 Å². The largest absolute Gasteiger partial charge is 0.385 e. The third kappa shape index (κ3) is 2.34. The maximum atomic E-state index is 3.49. The first-order valence-corrected chi connectivity index (χ1v) is 6.16. The van der Waals surface area contributed by atoms with Gasteiger partial charge in [0.25, 0.3) is 0 Å². The molecule has 82 valence electrons. The van der Waals surface area contributed by atoms with Crippen molar-refractivity contribution in [3.63, 3.8) is 0 Å². The van der Waals surface area contributed by atoms with Crippen LogP contribution in [0, 0.1) is 5.92 Å². The van der Waals surface area contributed by atoms with Crippen LogP contribution in [0.15, 0.2) is 18.2 Å². The zero-order chi connectivity index (χ0) is 10.7. The second-order valence-corrected chi connectivity index (χ2v) is 4.69. The molecule has 0 fully saturated rings. The summed E-state index contributed by atoms with van der Waals surface area (Å²) >= 11 is 0. The van der Waals surface area contributed by atoms with Crippen molar-refractivity contribution >= 4 is 5.69 Å². The minimum absolute atomic E-state index is 0.804. The minimum Gasteiger partial charge on any atom is -0.385 e. The zero-order valence-corrected chi connectivity index (χ0v) is 9.84. The molecule has 1 aliphatic heterocycles. The summed E-state index contributed by atoms with van der Waals surface area (Å²) in [6, 6.07) is 6.71. The summed E-state index contributed by atoms with van der Waals surface area (Å²) in [7, 11) is 0. The van der Waals surface area contributed by atoms with E-state index in [1.165, 1.54) is 31.4 Å². The van der Waals surface area contributed by atoms with E-state index in [0.717, 1.165) is 12.5 Å². The molecule has 1 aromatic carbocycles. The lowest BCUT2D eigenvalue weighted by Crippen LogP contribution is -2.14. The Balaban J connectivity index is 2.23. The lowest BCUT2D eigenvalue weighted by Gasteiger charge is -2.22. The van der Waals surface area contributed by atoms with Crippen molar-refractivity contribution in [2.45, 2.75) is 39.5 Å². The van der Waals surface area contributed by atoms with Crippen molar-refractivity contribution in [3.8, 4) is 0 Å². The van der Waals surface area contributed by atoms with Crippen LogP contribution < -0.4 is 5.32 Å². The highest BCUT2D eigenvalue weighted by molar-refractivity contribution is 5.56. The van der Waals surface area contributed by atoms with Gasteiger partial charge in [0, 0.05) is 12.2 Å². The second-order valence-electron chi connectivity index (χ2n) is 4.69. The van der Waals surface area contributed by atoms with Gasteiger partial charge in [-0.1, -0.05) is 32.4 Å². The van der Waals surface area contributed by atoms with E-state index in [4.69, 9.17) is 0 Å². The molecule has 0 amide bonds. The fourth-order valence-electron chi connectivity index (χ4n) is 2.29. The fourth-order valence-corrected chi connectivity index (χ4v) is 2.29. The number of hydrogen-bond donors (Lipinski definition) is 1. The maximum absolute atomic E-state index is 3.49. The average Bonchev–Trinajstić information content (AvgIpc) is 2.29. The van der Waals surface area contributed by atoms with Gasteiger partial charge in [-0.3, -0.25) is 0 Å². The van der Waals surface area contributed by atoms with Crippen LogP contribution in [0.2, 0.25) is 0 Å². The first kappa shape index (κ1) is 10.5. The van der Waals surface area contributed by atoms with Gasteiger partial charge in [0.2, 0.25) is 0 Å². The molecule has 1 aliphatic rings. The van der Waals surface area contributed by atoms with Gasteiger partial charge in [0.05, 0.1) is 0 Å². The highest BCUT2D eigenvalue weighted by Gasteiger charge is 2.13. The molecule has 15 heavy (non-hydrogen) atoms. The van der Waals surface area contributed by atoms with Gasteiger partial charge in [-0.15, -0.1) is 0 Å². The van der Waals surface area contributed by atoms with Crippen molar-refractivity contribution in [3.05, 3.63) is 29.3 Å². The lowest BCUT2D eigenvalue weighted by molar-refractivity contribution is 0.556. The molecule has 1 unspecified atom stereocenters. The summed E-state index contributed by atoms with van der Waals surface area (Å²) in [5, 5.41) is 3.49. The first-order chi connectivity index (χ1) is 7.31. The average molecular weight is 203 g/mol. The molecule has 0 bridgehead atoms. The Morgan fingerprint density at radius 2 is 2.27 bits per heavy atom. The van der Waals surface area contributed by atoms with Crippen molar-refractivity contribution in [2.24, 2.45) is 5.92 Å². The normalized spacial score (nSPS) is 16.7. The fraction of sp³-hybridized carbons (Fsp3) is 0.571. The number of anilines is 1. The minimum atomic E-state index is 0.804. The Morgan fingerprint density at radius 3 is 3.07 bits per heavy atom. The number of benzene rings is 1. The SMILES string of the molecule is CCC(C)Cc1cccc2c1CCCN2. The van der Waals surface area contributed by atoms with E-state index in [9.17, 15) is 0 Å². The Hall–Kier alpha value is -0.980. The number of nitrogens with one attached hydrogen (secondary N) is 1. The van der Waals surface area contributed by atoms with E-state index in [1.807, 2.05) is 0 Å². The molecule has 0 aromatic heterocycles. The van der Waals surface area contributed by atoms with E-state index >= 15 is 0 Å². The van der Waals surface area contributed by atoms with Gasteiger partial charge in [0.1, 0.15) is 0 Å². The third-order valence-corrected chi connectivity index (χ3v) is 3.46. The smallest absolute Gasteiger partial charge is 0.0375 e. The zero-order valence-electron chi connectivity index (χ0n) is 9.84. The van der Waals surface area contributed by atoms with E-state index in [0.29, 0.717) is 0 Å². The predicted molar refractivity (Wildman–Crippen MR) is 66.4 cm³/mol. The quantitative estimate of drug-likeness (QED) is 0.791. The molecule has 0 saturated heterocycles. The Kier molecular flexibility index (Phi) is 3.30. The van der Waals surface area contributed by atoms with E-state index in [-0.39, 0.29) is 0 Å². The summed E-state index contributed by atoms with van der Waals surface area (Å²) in [6.07, 6.45) is 5.05. The lowest BCUT2D eigenvalue weighted by atomic mass is 9.91. The molecule has 1 aromatic rings. The molecular formula is C14H21N. The Morgan fingerprint density at radius 1 is 1.40 bits per heavy atom. The molecule has 0 spiro atoms. The molecule has 1 heteroatoms. The molecule has 1 heterocycles. The van der Waals surface area contributed by atoms with Crippen molar-refractivity contribution in [1.29, 1.82) is 0 Å². The van der Waals surface area contributed by atoms with Crippen molar-refractivity contribution in [1.82, 2.24) is 0 Å². The van der Waals surface area contributed by atoms with E-state index < -0.39 is 0 Å². The highest BCUT2D eigenvalue weighted by atomic mass is 14.9. The summed E-state index contributed by atoms with van der Waals surface area (Å²) in [6.45, 7) is 5.76. The molecule has 0 aliphatic carbocycles. The summed E-state index contributed by atoms with van der Waals surface area (Å²) in [4.78, 5) is 0. The summed E-state index contributed by atoms with van der Waals surface area (Å²) < 4.78 is 0. The van der Waals surface area contributed by atoms with Crippen LogP contribution in [0.3, 0.4) is 0 Å². The van der Waals surface area contributed by atoms with Crippen LogP contribution in [-0.2, 0) is 12.8 Å². The molecular weight excluding hydrogens is 182 g/mol. The standard InChI is InChI=1S/C14H21N/c1-3-11(2)10-12-6-4-8-14-13(12)7-5-9-15-14/h4,6,8,11,15H,3,5,7,9-10H2,1-2H3. The van der Waals surface area contributed by atoms with Crippen LogP contribution in [0.1, 0.15) is 37.8 Å². The van der Waals surface area contributed by atoms with E-state index in [1.54, 1.807) is 11.1 Å². The highest BCUT2D eigenvalue weighted by Crippen LogP contribution is 2.27. The Bertz CT molecular complexity index is 330. The number of rotatable bonds is 3. The van der Waals surface area contributed by atoms with Crippen LogP contribution in [-0.4, -0.2) is 6.54 Å². The topological polar surface area (TPSA) is 12.0 Å². The summed E-state index contributed by atoms with van der Waals surface area (Å²) in [5.74, 6) is 0.804. The van der Waals surface area contributed by atoms with Crippen LogP contribution >= 0.6 is 0 Å². The maximum Gasteiger partial charge on any atom is 0.0375 e. The van der Waals surface area contributed by atoms with E-state index in [2.05, 4.69) is 37.4 Å². The van der Waals surface area contributed by atoms with Crippen molar-refractivity contribution < 1.29 is 0 Å². The Labute approximate surface area is 92.9 Å². The monoisotopic (exact) mass is 203 g/mol. The molecule has 1 N–H and O–H groups in total. The second kappa shape index (κ2) is 4.69. The van der Waals surface area contributed by atoms with Crippen LogP contribution in [0.4, 0.5) is 5.69 Å². The molecule has 2 rings (SSSR count).